The molecule has 2 aromatic carbocycles. The van der Waals surface area contributed by atoms with E-state index in [9.17, 15) is 9.59 Å². The summed E-state index contributed by atoms with van der Waals surface area (Å²) >= 11 is 0. The lowest BCUT2D eigenvalue weighted by atomic mass is 9.83. The third kappa shape index (κ3) is 4.44. The second kappa shape index (κ2) is 7.54. The van der Waals surface area contributed by atoms with Crippen molar-refractivity contribution in [2.24, 2.45) is 0 Å². The molecule has 0 aromatic heterocycles. The Labute approximate surface area is 172 Å². The van der Waals surface area contributed by atoms with Gasteiger partial charge < -0.3 is 14.4 Å². The molecule has 1 heterocycles. The zero-order valence-corrected chi connectivity index (χ0v) is 18.0. The molecule has 0 spiro atoms. The smallest absolute Gasteiger partial charge is 0.316 e. The Balaban J connectivity index is 1.79. The lowest BCUT2D eigenvalue weighted by Crippen LogP contribution is -2.36. The number of carbonyl (C=O) groups is 2. The molecule has 0 saturated heterocycles. The van der Waals surface area contributed by atoms with Crippen LogP contribution < -0.4 is 4.74 Å². The third-order valence-corrected chi connectivity index (χ3v) is 5.15. The normalized spacial score (nSPS) is 14.0. The quantitative estimate of drug-likeness (QED) is 0.701. The van der Waals surface area contributed by atoms with Gasteiger partial charge in [0.05, 0.1) is 12.5 Å². The summed E-state index contributed by atoms with van der Waals surface area (Å²) in [6.45, 7) is 10.3. The lowest BCUT2D eigenvalue weighted by Gasteiger charge is -2.29. The minimum Gasteiger partial charge on any atom is -0.497 e. The molecule has 0 fully saturated rings. The van der Waals surface area contributed by atoms with Gasteiger partial charge in [-0.1, -0.05) is 24.3 Å². The SMILES string of the molecule is COc1ccc(CN2Cc3ccc(C(C)(C)C(=O)OC(C)(C)C)cc3C2=O)cc1. The molecular weight excluding hydrogens is 366 g/mol. The van der Waals surface area contributed by atoms with Crippen LogP contribution in [0.25, 0.3) is 0 Å². The summed E-state index contributed by atoms with van der Waals surface area (Å²) in [6.07, 6.45) is 0. The van der Waals surface area contributed by atoms with Crippen LogP contribution in [0, 0.1) is 0 Å². The predicted molar refractivity (Wildman–Crippen MR) is 112 cm³/mol. The number of ether oxygens (including phenoxy) is 2. The van der Waals surface area contributed by atoms with Gasteiger partial charge in [0, 0.05) is 18.7 Å². The van der Waals surface area contributed by atoms with Gasteiger partial charge in [-0.3, -0.25) is 9.59 Å². The average Bonchev–Trinajstić information content (AvgIpc) is 2.96. The second-order valence-electron chi connectivity index (χ2n) is 9.01. The Bertz CT molecular complexity index is 923. The maximum Gasteiger partial charge on any atom is 0.316 e. The van der Waals surface area contributed by atoms with Gasteiger partial charge in [-0.25, -0.2) is 0 Å². The van der Waals surface area contributed by atoms with Crippen molar-refractivity contribution < 1.29 is 19.1 Å². The van der Waals surface area contributed by atoms with E-state index in [0.29, 0.717) is 18.7 Å². The van der Waals surface area contributed by atoms with Crippen molar-refractivity contribution in [3.63, 3.8) is 0 Å². The van der Waals surface area contributed by atoms with Gasteiger partial charge in [0.25, 0.3) is 5.91 Å². The maximum absolute atomic E-state index is 13.0. The Morgan fingerprint density at radius 2 is 1.69 bits per heavy atom. The van der Waals surface area contributed by atoms with E-state index < -0.39 is 11.0 Å². The van der Waals surface area contributed by atoms with Gasteiger partial charge in [0.1, 0.15) is 11.4 Å². The summed E-state index contributed by atoms with van der Waals surface area (Å²) in [7, 11) is 1.63. The minimum absolute atomic E-state index is 0.0161. The van der Waals surface area contributed by atoms with Crippen molar-refractivity contribution >= 4 is 11.9 Å². The molecule has 5 heteroatoms. The summed E-state index contributed by atoms with van der Waals surface area (Å²) in [5.74, 6) is 0.474. The monoisotopic (exact) mass is 395 g/mol. The van der Waals surface area contributed by atoms with Crippen LogP contribution in [-0.4, -0.2) is 29.5 Å². The summed E-state index contributed by atoms with van der Waals surface area (Å²) < 4.78 is 10.8. The number of methoxy groups -OCH3 is 1. The van der Waals surface area contributed by atoms with Crippen molar-refractivity contribution in [1.82, 2.24) is 4.90 Å². The van der Waals surface area contributed by atoms with E-state index in [0.717, 1.165) is 22.4 Å². The molecule has 0 saturated carbocycles. The number of benzene rings is 2. The zero-order valence-electron chi connectivity index (χ0n) is 18.0. The van der Waals surface area contributed by atoms with Crippen LogP contribution in [0.1, 0.15) is 61.7 Å². The van der Waals surface area contributed by atoms with Gasteiger partial charge in [-0.2, -0.15) is 0 Å². The van der Waals surface area contributed by atoms with Crippen molar-refractivity contribution in [2.45, 2.75) is 58.7 Å². The number of fused-ring (bicyclic) bond motifs is 1. The van der Waals surface area contributed by atoms with E-state index in [1.807, 2.05) is 82.0 Å². The van der Waals surface area contributed by atoms with E-state index >= 15 is 0 Å². The summed E-state index contributed by atoms with van der Waals surface area (Å²) in [4.78, 5) is 27.5. The molecule has 0 atom stereocenters. The van der Waals surface area contributed by atoms with Gasteiger partial charge in [0.2, 0.25) is 0 Å². The zero-order chi connectivity index (χ0) is 21.4. The van der Waals surface area contributed by atoms with Crippen LogP contribution in [0.2, 0.25) is 0 Å². The molecule has 1 amide bonds. The number of hydrogen-bond donors (Lipinski definition) is 0. The van der Waals surface area contributed by atoms with Gasteiger partial charge >= 0.3 is 5.97 Å². The molecule has 154 valence electrons. The Morgan fingerprint density at radius 1 is 1.03 bits per heavy atom. The fraction of sp³-hybridized carbons (Fsp3) is 0.417. The highest BCUT2D eigenvalue weighted by Gasteiger charge is 2.36. The van der Waals surface area contributed by atoms with Gasteiger partial charge in [0.15, 0.2) is 0 Å². The average molecular weight is 395 g/mol. The molecule has 29 heavy (non-hydrogen) atoms. The van der Waals surface area contributed by atoms with Crippen molar-refractivity contribution in [3.8, 4) is 5.75 Å². The van der Waals surface area contributed by atoms with Crippen molar-refractivity contribution in [3.05, 3.63) is 64.7 Å². The Hall–Kier alpha value is -2.82. The van der Waals surface area contributed by atoms with Crippen LogP contribution in [0.15, 0.2) is 42.5 Å². The molecule has 0 aliphatic carbocycles. The molecule has 0 N–H and O–H groups in total. The van der Waals surface area contributed by atoms with Crippen LogP contribution in [0.5, 0.6) is 5.75 Å². The number of esters is 1. The molecule has 3 rings (SSSR count). The largest absolute Gasteiger partial charge is 0.497 e. The number of amides is 1. The molecule has 1 aliphatic heterocycles. The molecule has 1 aliphatic rings. The lowest BCUT2D eigenvalue weighted by molar-refractivity contribution is -0.160. The molecule has 2 aromatic rings. The fourth-order valence-corrected chi connectivity index (χ4v) is 3.35. The van der Waals surface area contributed by atoms with E-state index in [4.69, 9.17) is 9.47 Å². The second-order valence-corrected chi connectivity index (χ2v) is 9.01. The van der Waals surface area contributed by atoms with Crippen LogP contribution in [0.4, 0.5) is 0 Å². The summed E-state index contributed by atoms with van der Waals surface area (Å²) in [5.41, 5.74) is 2.06. The van der Waals surface area contributed by atoms with Crippen molar-refractivity contribution in [1.29, 1.82) is 0 Å². The molecule has 5 nitrogen and oxygen atoms in total. The van der Waals surface area contributed by atoms with E-state index in [2.05, 4.69) is 0 Å². The van der Waals surface area contributed by atoms with E-state index in [-0.39, 0.29) is 11.9 Å². The molecule has 0 radical (unpaired) electrons. The molecule has 0 bridgehead atoms. The third-order valence-electron chi connectivity index (χ3n) is 5.15. The maximum atomic E-state index is 13.0. The standard InChI is InChI=1S/C24H29NO4/c1-23(2,3)29-22(27)24(4,5)18-10-9-17-15-25(21(26)20(17)13-18)14-16-7-11-19(28-6)12-8-16/h7-13H,14-15H2,1-6H3. The van der Waals surface area contributed by atoms with Gasteiger partial charge in [-0.15, -0.1) is 0 Å². The minimum atomic E-state index is -0.841. The Morgan fingerprint density at radius 3 is 2.28 bits per heavy atom. The summed E-state index contributed by atoms with van der Waals surface area (Å²) in [5, 5.41) is 0. The highest BCUT2D eigenvalue weighted by Crippen LogP contribution is 2.32. The first-order chi connectivity index (χ1) is 13.5. The first kappa shape index (κ1) is 20.9. The van der Waals surface area contributed by atoms with E-state index in [1.54, 1.807) is 7.11 Å². The highest BCUT2D eigenvalue weighted by molar-refractivity contribution is 5.99. The van der Waals surface area contributed by atoms with Crippen LogP contribution in [-0.2, 0) is 28.0 Å². The topological polar surface area (TPSA) is 55.8 Å². The first-order valence-electron chi connectivity index (χ1n) is 9.80. The number of nitrogens with zero attached hydrogens (tertiary/aromatic N) is 1. The van der Waals surface area contributed by atoms with Gasteiger partial charge in [-0.05, 0) is 69.5 Å². The number of rotatable bonds is 5. The van der Waals surface area contributed by atoms with Crippen LogP contribution >= 0.6 is 0 Å². The van der Waals surface area contributed by atoms with Crippen molar-refractivity contribution in [2.75, 3.05) is 7.11 Å². The first-order valence-corrected chi connectivity index (χ1v) is 9.80. The molecule has 0 unspecified atom stereocenters. The summed E-state index contributed by atoms with van der Waals surface area (Å²) in [6, 6.07) is 13.4. The van der Waals surface area contributed by atoms with E-state index in [1.165, 1.54) is 0 Å². The predicted octanol–water partition coefficient (Wildman–Crippen LogP) is 4.47. The number of carbonyl (C=O) groups excluding carboxylic acids is 2. The Kier molecular flexibility index (Phi) is 5.44. The highest BCUT2D eigenvalue weighted by atomic mass is 16.6. The fourth-order valence-electron chi connectivity index (χ4n) is 3.35. The van der Waals surface area contributed by atoms with Crippen LogP contribution in [0.3, 0.4) is 0 Å². The number of hydrogen-bond acceptors (Lipinski definition) is 4. The molecular formula is C24H29NO4.